The molecule has 1 amide bonds. The summed E-state index contributed by atoms with van der Waals surface area (Å²) >= 11 is 0. The molecule has 28 heavy (non-hydrogen) atoms. The van der Waals surface area contributed by atoms with E-state index in [-0.39, 0.29) is 5.69 Å². The van der Waals surface area contributed by atoms with E-state index in [9.17, 15) is 14.9 Å². The van der Waals surface area contributed by atoms with E-state index in [0.717, 1.165) is 5.56 Å². The molecule has 1 aliphatic heterocycles. The summed E-state index contributed by atoms with van der Waals surface area (Å²) in [7, 11) is 1.56. The molecule has 1 N–H and O–H groups in total. The summed E-state index contributed by atoms with van der Waals surface area (Å²) in [6.45, 7) is 1.99. The van der Waals surface area contributed by atoms with Crippen molar-refractivity contribution >= 4 is 17.3 Å². The van der Waals surface area contributed by atoms with Crippen molar-refractivity contribution in [1.29, 1.82) is 0 Å². The lowest BCUT2D eigenvalue weighted by molar-refractivity contribution is -0.384. The molecule has 1 aliphatic rings. The number of para-hydroxylation sites is 1. The number of fused-ring (bicyclic) bond motifs is 1. The zero-order valence-electron chi connectivity index (χ0n) is 15.4. The minimum absolute atomic E-state index is 0.0514. The Balaban J connectivity index is 1.66. The Morgan fingerprint density at radius 2 is 2.04 bits per heavy atom. The first-order valence-electron chi connectivity index (χ1n) is 8.57. The van der Waals surface area contributed by atoms with Crippen LogP contribution < -0.4 is 19.6 Å². The van der Waals surface area contributed by atoms with E-state index in [1.54, 1.807) is 20.1 Å². The van der Waals surface area contributed by atoms with E-state index in [1.165, 1.54) is 24.3 Å². The zero-order chi connectivity index (χ0) is 20.1. The molecule has 0 bridgehead atoms. The van der Waals surface area contributed by atoms with Crippen molar-refractivity contribution in [2.45, 2.75) is 19.4 Å². The number of nitrogens with zero attached hydrogens (tertiary/aromatic N) is 2. The van der Waals surface area contributed by atoms with Crippen molar-refractivity contribution in [2.24, 2.45) is 5.10 Å². The van der Waals surface area contributed by atoms with Gasteiger partial charge in [0.05, 0.1) is 24.4 Å². The lowest BCUT2D eigenvalue weighted by atomic mass is 10.0. The smallest absolute Gasteiger partial charge is 0.280 e. The van der Waals surface area contributed by atoms with Crippen LogP contribution in [0.25, 0.3) is 0 Å². The SMILES string of the molecule is COc1cccc2c1OCC/C2=N/NC(=O)C(C)Oc1ccc([N+](=O)[O-])cc1. The predicted octanol–water partition coefficient (Wildman–Crippen LogP) is 2.67. The molecule has 0 saturated carbocycles. The van der Waals surface area contributed by atoms with Gasteiger partial charge in [-0.2, -0.15) is 5.10 Å². The molecule has 0 aromatic heterocycles. The summed E-state index contributed by atoms with van der Waals surface area (Å²) in [5.74, 6) is 1.11. The van der Waals surface area contributed by atoms with Crippen LogP contribution >= 0.6 is 0 Å². The lowest BCUT2D eigenvalue weighted by Crippen LogP contribution is -2.34. The highest BCUT2D eigenvalue weighted by molar-refractivity contribution is 6.04. The Kier molecular flexibility index (Phi) is 5.73. The Morgan fingerprint density at radius 1 is 1.29 bits per heavy atom. The quantitative estimate of drug-likeness (QED) is 0.604. The maximum atomic E-state index is 12.3. The third kappa shape index (κ3) is 4.20. The maximum Gasteiger partial charge on any atom is 0.280 e. The maximum absolute atomic E-state index is 12.3. The van der Waals surface area contributed by atoms with Gasteiger partial charge in [0.15, 0.2) is 17.6 Å². The van der Waals surface area contributed by atoms with Crippen molar-refractivity contribution in [3.8, 4) is 17.2 Å². The van der Waals surface area contributed by atoms with Crippen molar-refractivity contribution in [2.75, 3.05) is 13.7 Å². The number of hydrazone groups is 1. The van der Waals surface area contributed by atoms with Crippen LogP contribution in [0.5, 0.6) is 17.2 Å². The molecule has 2 aromatic carbocycles. The molecular formula is C19H19N3O6. The highest BCUT2D eigenvalue weighted by Crippen LogP contribution is 2.34. The molecule has 1 unspecified atom stereocenters. The van der Waals surface area contributed by atoms with Crippen LogP contribution in [0.4, 0.5) is 5.69 Å². The van der Waals surface area contributed by atoms with E-state index in [0.29, 0.717) is 36.0 Å². The van der Waals surface area contributed by atoms with E-state index in [2.05, 4.69) is 10.5 Å². The topological polar surface area (TPSA) is 112 Å². The summed E-state index contributed by atoms with van der Waals surface area (Å²) < 4.78 is 16.4. The normalized spacial score (nSPS) is 15.1. The number of hydrogen-bond acceptors (Lipinski definition) is 7. The number of nitro groups is 1. The third-order valence-electron chi connectivity index (χ3n) is 4.13. The van der Waals surface area contributed by atoms with Gasteiger partial charge in [0.25, 0.3) is 11.6 Å². The standard InChI is InChI=1S/C19H19N3O6/c1-12(28-14-8-6-13(7-9-14)22(24)25)19(23)21-20-16-10-11-27-18-15(16)4-3-5-17(18)26-2/h3-9,12H,10-11H2,1-2H3,(H,21,23)/b20-16-. The fraction of sp³-hybridized carbons (Fsp3) is 0.263. The number of amides is 1. The first-order valence-corrected chi connectivity index (χ1v) is 8.57. The fourth-order valence-electron chi connectivity index (χ4n) is 2.67. The number of nitrogens with one attached hydrogen (secondary N) is 1. The number of benzene rings is 2. The lowest BCUT2D eigenvalue weighted by Gasteiger charge is -2.21. The van der Waals surface area contributed by atoms with Crippen LogP contribution in [0.3, 0.4) is 0 Å². The first-order chi connectivity index (χ1) is 13.5. The summed E-state index contributed by atoms with van der Waals surface area (Å²) in [6, 6.07) is 11.0. The van der Waals surface area contributed by atoms with Crippen LogP contribution in [0.2, 0.25) is 0 Å². The molecule has 9 nitrogen and oxygen atoms in total. The van der Waals surface area contributed by atoms with Gasteiger partial charge in [-0.1, -0.05) is 6.07 Å². The van der Waals surface area contributed by atoms with Crippen LogP contribution in [-0.4, -0.2) is 36.4 Å². The van der Waals surface area contributed by atoms with Crippen LogP contribution in [0, 0.1) is 10.1 Å². The monoisotopic (exact) mass is 385 g/mol. The molecule has 0 spiro atoms. The average molecular weight is 385 g/mol. The molecule has 1 heterocycles. The summed E-state index contributed by atoms with van der Waals surface area (Å²) in [5, 5.41) is 14.9. The second-order valence-electron chi connectivity index (χ2n) is 5.98. The third-order valence-corrected chi connectivity index (χ3v) is 4.13. The molecule has 9 heteroatoms. The summed E-state index contributed by atoms with van der Waals surface area (Å²) in [4.78, 5) is 22.5. The van der Waals surface area contributed by atoms with Gasteiger partial charge in [-0.15, -0.1) is 0 Å². The van der Waals surface area contributed by atoms with E-state index < -0.39 is 16.9 Å². The highest BCUT2D eigenvalue weighted by atomic mass is 16.6. The largest absolute Gasteiger partial charge is 0.493 e. The molecule has 1 atom stereocenters. The highest BCUT2D eigenvalue weighted by Gasteiger charge is 2.21. The van der Waals surface area contributed by atoms with Crippen LogP contribution in [-0.2, 0) is 4.79 Å². The van der Waals surface area contributed by atoms with E-state index in [4.69, 9.17) is 14.2 Å². The number of carbonyl (C=O) groups excluding carboxylic acids is 1. The Hall–Kier alpha value is -3.62. The number of non-ortho nitro benzene ring substituents is 1. The Morgan fingerprint density at radius 3 is 2.71 bits per heavy atom. The van der Waals surface area contributed by atoms with Crippen molar-refractivity contribution in [3.63, 3.8) is 0 Å². The molecule has 0 aliphatic carbocycles. The Labute approximate surface area is 161 Å². The number of rotatable bonds is 6. The molecular weight excluding hydrogens is 366 g/mol. The molecule has 3 rings (SSSR count). The summed E-state index contributed by atoms with van der Waals surface area (Å²) in [6.07, 6.45) is -0.298. The van der Waals surface area contributed by atoms with Gasteiger partial charge >= 0.3 is 0 Å². The summed E-state index contributed by atoms with van der Waals surface area (Å²) in [5.41, 5.74) is 3.88. The van der Waals surface area contributed by atoms with Crippen molar-refractivity contribution < 1.29 is 23.9 Å². The molecule has 0 radical (unpaired) electrons. The van der Waals surface area contributed by atoms with Gasteiger partial charge in [-0.05, 0) is 31.2 Å². The predicted molar refractivity (Wildman–Crippen MR) is 101 cm³/mol. The van der Waals surface area contributed by atoms with Gasteiger partial charge < -0.3 is 14.2 Å². The minimum atomic E-state index is -0.838. The van der Waals surface area contributed by atoms with E-state index >= 15 is 0 Å². The van der Waals surface area contributed by atoms with Crippen molar-refractivity contribution in [1.82, 2.24) is 5.43 Å². The Bertz CT molecular complexity index is 910. The fourth-order valence-corrected chi connectivity index (χ4v) is 2.67. The van der Waals surface area contributed by atoms with Gasteiger partial charge in [0.2, 0.25) is 0 Å². The van der Waals surface area contributed by atoms with E-state index in [1.807, 2.05) is 12.1 Å². The number of hydrogen-bond donors (Lipinski definition) is 1. The molecule has 0 fully saturated rings. The van der Waals surface area contributed by atoms with Crippen LogP contribution in [0.15, 0.2) is 47.6 Å². The number of methoxy groups -OCH3 is 1. The van der Waals surface area contributed by atoms with Crippen LogP contribution in [0.1, 0.15) is 18.9 Å². The second kappa shape index (κ2) is 8.38. The van der Waals surface area contributed by atoms with Gasteiger partial charge in [-0.3, -0.25) is 14.9 Å². The zero-order valence-corrected chi connectivity index (χ0v) is 15.4. The second-order valence-corrected chi connectivity index (χ2v) is 5.98. The average Bonchev–Trinajstić information content (AvgIpc) is 2.71. The van der Waals surface area contributed by atoms with Gasteiger partial charge in [0, 0.05) is 24.1 Å². The minimum Gasteiger partial charge on any atom is -0.493 e. The number of ether oxygens (including phenoxy) is 3. The van der Waals surface area contributed by atoms with Gasteiger partial charge in [-0.25, -0.2) is 5.43 Å². The molecule has 2 aromatic rings. The number of nitro benzene ring substituents is 1. The van der Waals surface area contributed by atoms with Crippen molar-refractivity contribution in [3.05, 3.63) is 58.1 Å². The molecule has 146 valence electrons. The number of carbonyl (C=O) groups is 1. The molecule has 0 saturated heterocycles. The first kappa shape index (κ1) is 19.2. The van der Waals surface area contributed by atoms with Gasteiger partial charge in [0.1, 0.15) is 5.75 Å².